The number of aromatic nitrogens is 1. The van der Waals surface area contributed by atoms with Gasteiger partial charge in [0.1, 0.15) is 5.75 Å². The number of fused-ring (bicyclic) bond motifs is 1. The van der Waals surface area contributed by atoms with Gasteiger partial charge in [-0.05, 0) is 49.2 Å². The minimum atomic E-state index is 0.291. The third kappa shape index (κ3) is 3.00. The summed E-state index contributed by atoms with van der Waals surface area (Å²) >= 11 is 0. The van der Waals surface area contributed by atoms with E-state index in [2.05, 4.69) is 47.6 Å². The zero-order valence-corrected chi connectivity index (χ0v) is 12.9. The highest BCUT2D eigenvalue weighted by molar-refractivity contribution is 5.83. The average molecular weight is 294 g/mol. The molecule has 22 heavy (non-hydrogen) atoms. The van der Waals surface area contributed by atoms with E-state index in [0.717, 1.165) is 12.2 Å². The predicted octanol–water partition coefficient (Wildman–Crippen LogP) is 3.85. The fourth-order valence-corrected chi connectivity index (χ4v) is 2.93. The van der Waals surface area contributed by atoms with Crippen molar-refractivity contribution in [3.63, 3.8) is 0 Å². The van der Waals surface area contributed by atoms with Gasteiger partial charge in [0.2, 0.25) is 0 Å². The van der Waals surface area contributed by atoms with E-state index in [9.17, 15) is 0 Å². The van der Waals surface area contributed by atoms with Gasteiger partial charge in [-0.15, -0.1) is 0 Å². The summed E-state index contributed by atoms with van der Waals surface area (Å²) in [6.07, 6.45) is 3.02. The molecule has 3 nitrogen and oxygen atoms in total. The Bertz CT molecular complexity index is 748. The predicted molar refractivity (Wildman–Crippen MR) is 91.4 cm³/mol. The molecule has 0 saturated carbocycles. The molecule has 0 saturated heterocycles. The fourth-order valence-electron chi connectivity index (χ4n) is 2.93. The molecule has 3 aromatic rings. The number of nitrogens with one attached hydrogen (secondary N) is 1. The Morgan fingerprint density at radius 3 is 2.82 bits per heavy atom. The number of benzene rings is 2. The van der Waals surface area contributed by atoms with Crippen LogP contribution < -0.4 is 10.5 Å². The lowest BCUT2D eigenvalue weighted by atomic mass is 9.92. The molecule has 0 radical (unpaired) electrons. The molecule has 3 N–H and O–H groups in total. The maximum absolute atomic E-state index is 6.04. The maximum atomic E-state index is 6.04. The zero-order chi connectivity index (χ0) is 15.4. The number of rotatable bonds is 6. The van der Waals surface area contributed by atoms with Gasteiger partial charge in [-0.3, -0.25) is 0 Å². The first-order chi connectivity index (χ1) is 10.8. The summed E-state index contributed by atoms with van der Waals surface area (Å²) in [5.74, 6) is 1.21. The Kier molecular flexibility index (Phi) is 4.45. The van der Waals surface area contributed by atoms with Gasteiger partial charge in [0.25, 0.3) is 0 Å². The maximum Gasteiger partial charge on any atom is 0.119 e. The zero-order valence-electron chi connectivity index (χ0n) is 12.9. The number of ether oxygens (including phenoxy) is 1. The van der Waals surface area contributed by atoms with Gasteiger partial charge in [0.05, 0.1) is 6.61 Å². The second-order valence-electron chi connectivity index (χ2n) is 5.50. The van der Waals surface area contributed by atoms with Crippen LogP contribution in [-0.4, -0.2) is 18.1 Å². The Morgan fingerprint density at radius 2 is 2.00 bits per heavy atom. The number of aromatic amines is 1. The molecule has 0 aliphatic rings. The third-order valence-electron chi connectivity index (χ3n) is 4.07. The van der Waals surface area contributed by atoms with Crippen LogP contribution in [0.3, 0.4) is 0 Å². The number of hydrogen-bond donors (Lipinski definition) is 2. The summed E-state index contributed by atoms with van der Waals surface area (Å²) in [6.45, 7) is 3.30. The van der Waals surface area contributed by atoms with E-state index in [4.69, 9.17) is 10.5 Å². The lowest BCUT2D eigenvalue weighted by molar-refractivity contribution is 0.339. The van der Waals surface area contributed by atoms with Crippen LogP contribution in [0.25, 0.3) is 10.9 Å². The summed E-state index contributed by atoms with van der Waals surface area (Å²) in [5, 5.41) is 1.28. The molecule has 0 aliphatic carbocycles. The Hall–Kier alpha value is -2.26. The van der Waals surface area contributed by atoms with Crippen LogP contribution in [0.5, 0.6) is 5.75 Å². The minimum absolute atomic E-state index is 0.291. The van der Waals surface area contributed by atoms with Crippen molar-refractivity contribution in [2.45, 2.75) is 19.3 Å². The summed E-state index contributed by atoms with van der Waals surface area (Å²) in [5.41, 5.74) is 9.76. The van der Waals surface area contributed by atoms with Crippen LogP contribution in [0.2, 0.25) is 0 Å². The summed E-state index contributed by atoms with van der Waals surface area (Å²) < 4.78 is 5.60. The van der Waals surface area contributed by atoms with Crippen LogP contribution in [0, 0.1) is 0 Å². The highest BCUT2D eigenvalue weighted by atomic mass is 16.5. The molecule has 1 unspecified atom stereocenters. The second kappa shape index (κ2) is 6.67. The molecule has 1 aromatic heterocycles. The SMILES string of the molecule is CCOc1cccc(C(CN)Cc2c[nH]c3ccccc23)c1. The van der Waals surface area contributed by atoms with E-state index in [-0.39, 0.29) is 0 Å². The quantitative estimate of drug-likeness (QED) is 0.725. The number of hydrogen-bond acceptors (Lipinski definition) is 2. The Morgan fingerprint density at radius 1 is 1.14 bits per heavy atom. The molecule has 114 valence electrons. The first-order valence-electron chi connectivity index (χ1n) is 7.79. The van der Waals surface area contributed by atoms with Crippen LogP contribution in [0.15, 0.2) is 54.7 Å². The molecular formula is C19H22N2O. The highest BCUT2D eigenvalue weighted by Crippen LogP contribution is 2.27. The van der Waals surface area contributed by atoms with E-state index >= 15 is 0 Å². The van der Waals surface area contributed by atoms with Crippen molar-refractivity contribution in [3.8, 4) is 5.75 Å². The van der Waals surface area contributed by atoms with Gasteiger partial charge < -0.3 is 15.5 Å². The Balaban J connectivity index is 1.87. The van der Waals surface area contributed by atoms with Gasteiger partial charge in [-0.1, -0.05) is 30.3 Å². The first kappa shape index (κ1) is 14.7. The van der Waals surface area contributed by atoms with E-state index < -0.39 is 0 Å². The molecule has 1 atom stereocenters. The molecule has 0 aliphatic heterocycles. The molecule has 0 fully saturated rings. The van der Waals surface area contributed by atoms with Gasteiger partial charge in [-0.25, -0.2) is 0 Å². The minimum Gasteiger partial charge on any atom is -0.494 e. The van der Waals surface area contributed by atoms with Crippen molar-refractivity contribution >= 4 is 10.9 Å². The smallest absolute Gasteiger partial charge is 0.119 e. The normalized spacial score (nSPS) is 12.5. The first-order valence-corrected chi connectivity index (χ1v) is 7.79. The van der Waals surface area contributed by atoms with Gasteiger partial charge in [0.15, 0.2) is 0 Å². The topological polar surface area (TPSA) is 51.0 Å². The van der Waals surface area contributed by atoms with Gasteiger partial charge in [0, 0.05) is 23.0 Å². The van der Waals surface area contributed by atoms with Crippen molar-refractivity contribution in [3.05, 3.63) is 65.9 Å². The summed E-state index contributed by atoms with van der Waals surface area (Å²) in [4.78, 5) is 3.34. The molecule has 0 spiro atoms. The molecule has 0 amide bonds. The monoisotopic (exact) mass is 294 g/mol. The van der Waals surface area contributed by atoms with Gasteiger partial charge in [-0.2, -0.15) is 0 Å². The molecule has 2 aromatic carbocycles. The van der Waals surface area contributed by atoms with Crippen LogP contribution in [-0.2, 0) is 6.42 Å². The van der Waals surface area contributed by atoms with E-state index in [1.165, 1.54) is 22.0 Å². The molecule has 0 bridgehead atoms. The largest absolute Gasteiger partial charge is 0.494 e. The number of nitrogens with two attached hydrogens (primary N) is 1. The average Bonchev–Trinajstić information content (AvgIpc) is 2.96. The van der Waals surface area contributed by atoms with Crippen molar-refractivity contribution < 1.29 is 4.74 Å². The number of para-hydroxylation sites is 1. The lowest BCUT2D eigenvalue weighted by Crippen LogP contribution is -2.15. The van der Waals surface area contributed by atoms with E-state index in [0.29, 0.717) is 19.1 Å². The molecule has 3 rings (SSSR count). The molecule has 3 heteroatoms. The fraction of sp³-hybridized carbons (Fsp3) is 0.263. The summed E-state index contributed by atoms with van der Waals surface area (Å²) in [6, 6.07) is 16.7. The van der Waals surface area contributed by atoms with Crippen molar-refractivity contribution in [2.24, 2.45) is 5.73 Å². The standard InChI is InChI=1S/C19H22N2O/c1-2-22-17-7-5-6-14(11-17)15(12-20)10-16-13-21-19-9-4-3-8-18(16)19/h3-9,11,13,15,21H,2,10,12,20H2,1H3. The number of H-pyrrole nitrogens is 1. The Labute approximate surface area is 131 Å². The lowest BCUT2D eigenvalue weighted by Gasteiger charge is -2.16. The van der Waals surface area contributed by atoms with Crippen molar-refractivity contribution in [2.75, 3.05) is 13.2 Å². The second-order valence-corrected chi connectivity index (χ2v) is 5.50. The van der Waals surface area contributed by atoms with Gasteiger partial charge >= 0.3 is 0 Å². The van der Waals surface area contributed by atoms with Crippen LogP contribution >= 0.6 is 0 Å². The van der Waals surface area contributed by atoms with Crippen LogP contribution in [0.4, 0.5) is 0 Å². The third-order valence-corrected chi connectivity index (χ3v) is 4.07. The van der Waals surface area contributed by atoms with E-state index in [1.807, 2.05) is 19.1 Å². The van der Waals surface area contributed by atoms with E-state index in [1.54, 1.807) is 0 Å². The van der Waals surface area contributed by atoms with Crippen molar-refractivity contribution in [1.29, 1.82) is 0 Å². The highest BCUT2D eigenvalue weighted by Gasteiger charge is 2.14. The molecule has 1 heterocycles. The molecular weight excluding hydrogens is 272 g/mol. The summed E-state index contributed by atoms with van der Waals surface area (Å²) in [7, 11) is 0. The van der Waals surface area contributed by atoms with Crippen molar-refractivity contribution in [1.82, 2.24) is 4.98 Å². The van der Waals surface area contributed by atoms with Crippen LogP contribution in [0.1, 0.15) is 24.0 Å².